The van der Waals surface area contributed by atoms with E-state index in [1.807, 2.05) is 0 Å². The number of hydrogen-bond donors (Lipinski definition) is 1. The highest BCUT2D eigenvalue weighted by molar-refractivity contribution is 5.75. The number of nitrogens with zero attached hydrogens (tertiary/aromatic N) is 1. The molecule has 3 nitrogen and oxygen atoms in total. The molecule has 1 aliphatic heterocycles. The molecule has 0 saturated carbocycles. The van der Waals surface area contributed by atoms with Gasteiger partial charge in [-0.2, -0.15) is 0 Å². The first kappa shape index (κ1) is 26.1. The minimum atomic E-state index is -0.305. The van der Waals surface area contributed by atoms with Crippen LogP contribution in [0.3, 0.4) is 0 Å². The zero-order valence-corrected chi connectivity index (χ0v) is 22.3. The van der Waals surface area contributed by atoms with E-state index in [0.29, 0.717) is 6.42 Å². The number of hydrogen-bond acceptors (Lipinski definition) is 3. The molecule has 0 bridgehead atoms. The first-order chi connectivity index (χ1) is 18.7. The molecule has 1 saturated heterocycles. The Bertz CT molecular complexity index is 1110. The van der Waals surface area contributed by atoms with Crippen molar-refractivity contribution in [3.05, 3.63) is 144 Å². The number of Topliss-reactive ketones (excluding diaryl/α,β-unsaturated/α-hetero) is 1. The van der Waals surface area contributed by atoms with Crippen molar-refractivity contribution in [1.82, 2.24) is 10.2 Å². The van der Waals surface area contributed by atoms with E-state index in [-0.39, 0.29) is 23.2 Å². The lowest BCUT2D eigenvalue weighted by Crippen LogP contribution is -2.67. The fourth-order valence-electron chi connectivity index (χ4n) is 6.52. The molecule has 0 radical (unpaired) electrons. The largest absolute Gasteiger partial charge is 0.314 e. The molecule has 1 heterocycles. The first-order valence-corrected chi connectivity index (χ1v) is 13.8. The molecule has 194 valence electrons. The lowest BCUT2D eigenvalue weighted by molar-refractivity contribution is -0.117. The molecule has 38 heavy (non-hydrogen) atoms. The standard InChI is InChI=1S/C35H38N2O/c1-28(38)15-14-25-37-26-24-36-27-35(37,33(29-16-6-2-7-17-29)30-18-8-3-9-19-30)34(31-20-10-4-11-21-31)32-22-12-5-13-23-32/h2-13,16-23,33-34,36H,14-15,24-27H2,1H3. The number of carbonyl (C=O) groups excluding carboxylic acids is 1. The van der Waals surface area contributed by atoms with E-state index in [2.05, 4.69) is 132 Å². The van der Waals surface area contributed by atoms with Crippen molar-refractivity contribution < 1.29 is 4.79 Å². The SMILES string of the molecule is CC(=O)CCCN1CCNCC1(C(c1ccccc1)c1ccccc1)C(c1ccccc1)c1ccccc1. The van der Waals surface area contributed by atoms with Gasteiger partial charge in [-0.1, -0.05) is 121 Å². The van der Waals surface area contributed by atoms with Crippen LogP contribution in [0.15, 0.2) is 121 Å². The second-order valence-corrected chi connectivity index (χ2v) is 10.5. The quantitative estimate of drug-likeness (QED) is 0.263. The second-order valence-electron chi connectivity index (χ2n) is 10.5. The van der Waals surface area contributed by atoms with Crippen molar-refractivity contribution in [3.63, 3.8) is 0 Å². The molecule has 0 aromatic heterocycles. The first-order valence-electron chi connectivity index (χ1n) is 13.8. The van der Waals surface area contributed by atoms with E-state index >= 15 is 0 Å². The summed E-state index contributed by atoms with van der Waals surface area (Å²) < 4.78 is 0. The highest BCUT2D eigenvalue weighted by atomic mass is 16.1. The van der Waals surface area contributed by atoms with Crippen LogP contribution >= 0.6 is 0 Å². The average molecular weight is 503 g/mol. The van der Waals surface area contributed by atoms with Crippen LogP contribution in [-0.2, 0) is 4.79 Å². The predicted octanol–water partition coefficient (Wildman–Crippen LogP) is 6.66. The Morgan fingerprint density at radius 3 is 1.47 bits per heavy atom. The summed E-state index contributed by atoms with van der Waals surface area (Å²) >= 11 is 0. The fraction of sp³-hybridized carbons (Fsp3) is 0.286. The molecule has 0 atom stereocenters. The third kappa shape index (κ3) is 5.50. The summed E-state index contributed by atoms with van der Waals surface area (Å²) in [6, 6.07) is 44.0. The van der Waals surface area contributed by atoms with Gasteiger partial charge in [-0.05, 0) is 42.1 Å². The maximum Gasteiger partial charge on any atom is 0.129 e. The molecule has 1 aliphatic rings. The third-order valence-corrected chi connectivity index (χ3v) is 8.04. The number of piperazine rings is 1. The molecule has 5 rings (SSSR count). The zero-order valence-electron chi connectivity index (χ0n) is 22.3. The number of ketones is 1. The van der Waals surface area contributed by atoms with Crippen molar-refractivity contribution in [2.75, 3.05) is 26.2 Å². The van der Waals surface area contributed by atoms with Crippen LogP contribution in [0.25, 0.3) is 0 Å². The van der Waals surface area contributed by atoms with Crippen molar-refractivity contribution in [2.24, 2.45) is 0 Å². The Morgan fingerprint density at radius 1 is 0.711 bits per heavy atom. The van der Waals surface area contributed by atoms with Crippen LogP contribution in [0.5, 0.6) is 0 Å². The van der Waals surface area contributed by atoms with Crippen LogP contribution < -0.4 is 5.32 Å². The van der Waals surface area contributed by atoms with Gasteiger partial charge in [0, 0.05) is 37.9 Å². The molecule has 1 N–H and O–H groups in total. The van der Waals surface area contributed by atoms with Gasteiger partial charge in [-0.15, -0.1) is 0 Å². The van der Waals surface area contributed by atoms with Crippen LogP contribution in [0, 0.1) is 0 Å². The van der Waals surface area contributed by atoms with Crippen LogP contribution in [0.2, 0.25) is 0 Å². The molecule has 0 amide bonds. The molecule has 0 aliphatic carbocycles. The summed E-state index contributed by atoms with van der Waals surface area (Å²) in [6.45, 7) is 5.31. The lowest BCUT2D eigenvalue weighted by atomic mass is 9.62. The van der Waals surface area contributed by atoms with Gasteiger partial charge >= 0.3 is 0 Å². The number of benzene rings is 4. The normalized spacial score (nSPS) is 15.6. The van der Waals surface area contributed by atoms with E-state index in [1.54, 1.807) is 6.92 Å². The summed E-state index contributed by atoms with van der Waals surface area (Å²) in [5.41, 5.74) is 4.96. The van der Waals surface area contributed by atoms with Gasteiger partial charge in [0.15, 0.2) is 0 Å². The average Bonchev–Trinajstić information content (AvgIpc) is 2.96. The zero-order chi connectivity index (χ0) is 26.2. The van der Waals surface area contributed by atoms with E-state index in [4.69, 9.17) is 0 Å². The fourth-order valence-corrected chi connectivity index (χ4v) is 6.52. The van der Waals surface area contributed by atoms with Gasteiger partial charge in [0.05, 0.1) is 5.54 Å². The van der Waals surface area contributed by atoms with Gasteiger partial charge in [-0.25, -0.2) is 0 Å². The van der Waals surface area contributed by atoms with Crippen LogP contribution in [-0.4, -0.2) is 42.4 Å². The third-order valence-electron chi connectivity index (χ3n) is 8.04. The van der Waals surface area contributed by atoms with Gasteiger partial charge in [0.2, 0.25) is 0 Å². The second kappa shape index (κ2) is 12.3. The topological polar surface area (TPSA) is 32.3 Å². The van der Waals surface area contributed by atoms with Gasteiger partial charge in [0.25, 0.3) is 0 Å². The molecule has 1 fully saturated rings. The molecule has 3 heteroatoms. The highest BCUT2D eigenvalue weighted by Crippen LogP contribution is 2.50. The van der Waals surface area contributed by atoms with E-state index < -0.39 is 0 Å². The predicted molar refractivity (Wildman–Crippen MR) is 157 cm³/mol. The summed E-state index contributed by atoms with van der Waals surface area (Å²) in [7, 11) is 0. The monoisotopic (exact) mass is 502 g/mol. The Hall–Kier alpha value is -3.53. The van der Waals surface area contributed by atoms with Gasteiger partial charge < -0.3 is 10.1 Å². The Labute approximate surface area is 227 Å². The van der Waals surface area contributed by atoms with Crippen molar-refractivity contribution >= 4 is 5.78 Å². The number of nitrogens with one attached hydrogen (secondary N) is 1. The maximum atomic E-state index is 12.0. The molecule has 0 spiro atoms. The van der Waals surface area contributed by atoms with Gasteiger partial charge in [-0.3, -0.25) is 4.90 Å². The Balaban J connectivity index is 1.79. The summed E-state index contributed by atoms with van der Waals surface area (Å²) in [6.07, 6.45) is 1.48. The summed E-state index contributed by atoms with van der Waals surface area (Å²) in [5, 5.41) is 3.84. The van der Waals surface area contributed by atoms with Crippen LogP contribution in [0.4, 0.5) is 0 Å². The van der Waals surface area contributed by atoms with Crippen molar-refractivity contribution in [1.29, 1.82) is 0 Å². The lowest BCUT2D eigenvalue weighted by Gasteiger charge is -2.56. The van der Waals surface area contributed by atoms with Crippen molar-refractivity contribution in [3.8, 4) is 0 Å². The van der Waals surface area contributed by atoms with E-state index in [1.165, 1.54) is 22.3 Å². The van der Waals surface area contributed by atoms with E-state index in [9.17, 15) is 4.79 Å². The Kier molecular flexibility index (Phi) is 8.47. The number of carbonyl (C=O) groups is 1. The summed E-state index contributed by atoms with van der Waals surface area (Å²) in [5.74, 6) is 0.483. The van der Waals surface area contributed by atoms with Crippen LogP contribution in [0.1, 0.15) is 53.9 Å². The molecule has 0 unspecified atom stereocenters. The van der Waals surface area contributed by atoms with E-state index in [0.717, 1.165) is 32.6 Å². The van der Waals surface area contributed by atoms with Crippen molar-refractivity contribution in [2.45, 2.75) is 37.1 Å². The highest BCUT2D eigenvalue weighted by Gasteiger charge is 2.52. The maximum absolute atomic E-state index is 12.0. The number of rotatable bonds is 10. The molecule has 4 aromatic carbocycles. The minimum absolute atomic E-state index is 0.112. The smallest absolute Gasteiger partial charge is 0.129 e. The minimum Gasteiger partial charge on any atom is -0.314 e. The molecule has 4 aromatic rings. The molecular formula is C35H38N2O. The van der Waals surface area contributed by atoms with Gasteiger partial charge in [0.1, 0.15) is 5.78 Å². The molecular weight excluding hydrogens is 464 g/mol. The summed E-state index contributed by atoms with van der Waals surface area (Å²) in [4.78, 5) is 14.7. The Morgan fingerprint density at radius 2 is 1.11 bits per heavy atom.